The smallest absolute Gasteiger partial charge is 0.253 e. The molecule has 0 radical (unpaired) electrons. The number of carbonyl (C=O) groups is 1. The van der Waals surface area contributed by atoms with Gasteiger partial charge in [0.15, 0.2) is 5.65 Å². The van der Waals surface area contributed by atoms with Gasteiger partial charge in [-0.15, -0.1) is 0 Å². The van der Waals surface area contributed by atoms with Gasteiger partial charge in [-0.05, 0) is 61.9 Å². The summed E-state index contributed by atoms with van der Waals surface area (Å²) >= 11 is 0. The van der Waals surface area contributed by atoms with E-state index in [4.69, 9.17) is 19.8 Å². The Morgan fingerprint density at radius 2 is 1.69 bits per heavy atom. The molecular weight excluding hydrogens is 459 g/mol. The van der Waals surface area contributed by atoms with E-state index in [1.807, 2.05) is 11.8 Å². The Kier molecular flexibility index (Phi) is 6.54. The molecule has 186 valence electrons. The number of rotatable bonds is 6. The molecule has 2 aromatic heterocycles. The molecule has 2 aromatic carbocycles. The van der Waals surface area contributed by atoms with E-state index in [0.29, 0.717) is 37.4 Å². The fraction of sp³-hybridized carbons (Fsp3) is 0.333. The number of nitrogens with zero attached hydrogens (tertiary/aromatic N) is 6. The fourth-order valence-corrected chi connectivity index (χ4v) is 4.57. The molecule has 5 rings (SSSR count). The van der Waals surface area contributed by atoms with Gasteiger partial charge in [-0.1, -0.05) is 6.92 Å². The van der Waals surface area contributed by atoms with Gasteiger partial charge < -0.3 is 14.5 Å². The van der Waals surface area contributed by atoms with Crippen LogP contribution in [-0.4, -0.2) is 63.8 Å². The summed E-state index contributed by atoms with van der Waals surface area (Å²) < 4.78 is 20.5. The van der Waals surface area contributed by atoms with E-state index in [9.17, 15) is 9.18 Å². The number of anilines is 1. The molecule has 0 saturated carbocycles. The normalized spacial score (nSPS) is 13.9. The van der Waals surface area contributed by atoms with Crippen LogP contribution in [0.25, 0.3) is 16.7 Å². The molecule has 3 heterocycles. The van der Waals surface area contributed by atoms with Crippen molar-refractivity contribution >= 4 is 22.8 Å². The molecule has 0 atom stereocenters. The molecule has 9 heteroatoms. The van der Waals surface area contributed by atoms with Gasteiger partial charge in [0.05, 0.1) is 23.9 Å². The number of piperazine rings is 1. The average molecular weight is 489 g/mol. The van der Waals surface area contributed by atoms with Gasteiger partial charge in [0.25, 0.3) is 5.91 Å². The Labute approximate surface area is 209 Å². The predicted octanol–water partition coefficient (Wildman–Crippen LogP) is 4.19. The Bertz CT molecular complexity index is 1380. The van der Waals surface area contributed by atoms with Crippen LogP contribution in [0.1, 0.15) is 35.2 Å². The maximum Gasteiger partial charge on any atom is 0.253 e. The average Bonchev–Trinajstić information content (AvgIpc) is 3.24. The van der Waals surface area contributed by atoms with E-state index in [0.717, 1.165) is 47.0 Å². The molecule has 1 saturated heterocycles. The van der Waals surface area contributed by atoms with E-state index in [1.165, 1.54) is 12.1 Å². The number of aromatic nitrogens is 4. The lowest BCUT2D eigenvalue weighted by Crippen LogP contribution is -2.49. The second kappa shape index (κ2) is 9.93. The highest BCUT2D eigenvalue weighted by atomic mass is 19.1. The third-order valence-corrected chi connectivity index (χ3v) is 6.48. The first-order valence-electron chi connectivity index (χ1n) is 12.2. The first-order valence-corrected chi connectivity index (χ1v) is 12.2. The van der Waals surface area contributed by atoms with Crippen molar-refractivity contribution in [2.24, 2.45) is 0 Å². The molecular formula is C27H29FN6O2. The summed E-state index contributed by atoms with van der Waals surface area (Å²) in [6.07, 6.45) is 1.66. The molecule has 1 amide bonds. The molecule has 0 spiro atoms. The van der Waals surface area contributed by atoms with Crippen molar-refractivity contribution in [2.75, 3.05) is 38.2 Å². The van der Waals surface area contributed by atoms with Gasteiger partial charge in [0.1, 0.15) is 23.2 Å². The van der Waals surface area contributed by atoms with Gasteiger partial charge in [0.2, 0.25) is 0 Å². The van der Waals surface area contributed by atoms with Crippen molar-refractivity contribution in [1.29, 1.82) is 0 Å². The van der Waals surface area contributed by atoms with Crippen LogP contribution in [0.5, 0.6) is 5.75 Å². The zero-order valence-corrected chi connectivity index (χ0v) is 20.7. The maximum absolute atomic E-state index is 13.5. The van der Waals surface area contributed by atoms with Crippen LogP contribution in [0.3, 0.4) is 0 Å². The van der Waals surface area contributed by atoms with Crippen molar-refractivity contribution in [3.05, 3.63) is 71.4 Å². The van der Waals surface area contributed by atoms with Gasteiger partial charge >= 0.3 is 0 Å². The SMILES string of the molecule is CCCc1nc(N2CCN(C(=O)c3ccc(OC)cc3)CC2)c2c(C)nn(-c3ccc(F)cc3)c2n1. The summed E-state index contributed by atoms with van der Waals surface area (Å²) in [6.45, 7) is 6.52. The molecule has 36 heavy (non-hydrogen) atoms. The highest BCUT2D eigenvalue weighted by molar-refractivity contribution is 5.95. The highest BCUT2D eigenvalue weighted by Gasteiger charge is 2.27. The zero-order valence-electron chi connectivity index (χ0n) is 20.7. The molecule has 1 aliphatic rings. The minimum atomic E-state index is -0.295. The lowest BCUT2D eigenvalue weighted by Gasteiger charge is -2.35. The van der Waals surface area contributed by atoms with Crippen molar-refractivity contribution in [3.8, 4) is 11.4 Å². The first kappa shape index (κ1) is 23.7. The van der Waals surface area contributed by atoms with E-state index >= 15 is 0 Å². The second-order valence-corrected chi connectivity index (χ2v) is 8.89. The minimum absolute atomic E-state index is 0.0112. The van der Waals surface area contributed by atoms with E-state index in [-0.39, 0.29) is 11.7 Å². The lowest BCUT2D eigenvalue weighted by atomic mass is 10.1. The van der Waals surface area contributed by atoms with Crippen LogP contribution in [0.4, 0.5) is 10.2 Å². The largest absolute Gasteiger partial charge is 0.497 e. The zero-order chi connectivity index (χ0) is 25.2. The van der Waals surface area contributed by atoms with Crippen LogP contribution >= 0.6 is 0 Å². The Morgan fingerprint density at radius 1 is 1.00 bits per heavy atom. The maximum atomic E-state index is 13.5. The van der Waals surface area contributed by atoms with Gasteiger partial charge in [-0.25, -0.2) is 19.0 Å². The van der Waals surface area contributed by atoms with Gasteiger partial charge in [-0.3, -0.25) is 4.79 Å². The third-order valence-electron chi connectivity index (χ3n) is 6.48. The molecule has 0 N–H and O–H groups in total. The molecule has 0 aliphatic carbocycles. The molecule has 1 fully saturated rings. The lowest BCUT2D eigenvalue weighted by molar-refractivity contribution is 0.0746. The standard InChI is InChI=1S/C27H29FN6O2/c1-4-5-23-29-25(24-18(2)31-34(26(24)30-23)21-10-8-20(28)9-11-21)32-14-16-33(17-15-32)27(35)19-6-12-22(36-3)13-7-19/h6-13H,4-5,14-17H2,1-3H3. The van der Waals surface area contributed by atoms with Crippen molar-refractivity contribution in [2.45, 2.75) is 26.7 Å². The molecule has 8 nitrogen and oxygen atoms in total. The minimum Gasteiger partial charge on any atom is -0.497 e. The van der Waals surface area contributed by atoms with Crippen LogP contribution < -0.4 is 9.64 Å². The number of ether oxygens (including phenoxy) is 1. The number of hydrogen-bond donors (Lipinski definition) is 0. The van der Waals surface area contributed by atoms with Crippen LogP contribution in [0.15, 0.2) is 48.5 Å². The predicted molar refractivity (Wildman–Crippen MR) is 136 cm³/mol. The monoisotopic (exact) mass is 488 g/mol. The Morgan fingerprint density at radius 3 is 2.33 bits per heavy atom. The van der Waals surface area contributed by atoms with Crippen molar-refractivity contribution in [1.82, 2.24) is 24.6 Å². The van der Waals surface area contributed by atoms with Crippen molar-refractivity contribution in [3.63, 3.8) is 0 Å². The summed E-state index contributed by atoms with van der Waals surface area (Å²) in [6, 6.07) is 13.4. The summed E-state index contributed by atoms with van der Waals surface area (Å²) in [5.41, 5.74) is 2.92. The molecule has 1 aliphatic heterocycles. The fourth-order valence-electron chi connectivity index (χ4n) is 4.57. The van der Waals surface area contributed by atoms with E-state index in [2.05, 4.69) is 11.8 Å². The number of carbonyl (C=O) groups excluding carboxylic acids is 1. The van der Waals surface area contributed by atoms with Gasteiger partial charge in [-0.2, -0.15) is 5.10 Å². The second-order valence-electron chi connectivity index (χ2n) is 8.89. The molecule has 0 bridgehead atoms. The van der Waals surface area contributed by atoms with Crippen molar-refractivity contribution < 1.29 is 13.9 Å². The highest BCUT2D eigenvalue weighted by Crippen LogP contribution is 2.30. The number of fused-ring (bicyclic) bond motifs is 1. The Hall–Kier alpha value is -4.01. The molecule has 4 aromatic rings. The number of aryl methyl sites for hydroxylation is 2. The number of benzene rings is 2. The summed E-state index contributed by atoms with van der Waals surface area (Å²) in [7, 11) is 1.61. The van der Waals surface area contributed by atoms with Crippen LogP contribution in [0.2, 0.25) is 0 Å². The topological polar surface area (TPSA) is 76.4 Å². The van der Waals surface area contributed by atoms with Gasteiger partial charge in [0, 0.05) is 38.2 Å². The first-order chi connectivity index (χ1) is 17.5. The number of amides is 1. The van der Waals surface area contributed by atoms with Crippen LogP contribution in [-0.2, 0) is 6.42 Å². The quantitative estimate of drug-likeness (QED) is 0.405. The summed E-state index contributed by atoms with van der Waals surface area (Å²) in [4.78, 5) is 26.9. The Balaban J connectivity index is 1.44. The summed E-state index contributed by atoms with van der Waals surface area (Å²) in [5.74, 6) is 2.03. The number of halogens is 1. The molecule has 0 unspecified atom stereocenters. The number of hydrogen-bond acceptors (Lipinski definition) is 6. The van der Waals surface area contributed by atoms with E-state index < -0.39 is 0 Å². The van der Waals surface area contributed by atoms with E-state index in [1.54, 1.807) is 48.2 Å². The summed E-state index contributed by atoms with van der Waals surface area (Å²) in [5, 5.41) is 5.62. The van der Waals surface area contributed by atoms with Crippen LogP contribution in [0, 0.1) is 12.7 Å². The number of methoxy groups -OCH3 is 1. The third kappa shape index (κ3) is 4.48.